The van der Waals surface area contributed by atoms with Gasteiger partial charge in [0.1, 0.15) is 0 Å². The van der Waals surface area contributed by atoms with Gasteiger partial charge in [-0.15, -0.1) is 0 Å². The predicted octanol–water partition coefficient (Wildman–Crippen LogP) is 3.88. The first-order valence-electron chi connectivity index (χ1n) is 10.0. The average Bonchev–Trinajstić information content (AvgIpc) is 3.35. The van der Waals surface area contributed by atoms with E-state index in [1.54, 1.807) is 0 Å². The number of alkyl halides is 3. The van der Waals surface area contributed by atoms with E-state index in [-0.39, 0.29) is 40.1 Å². The number of aromatic nitrogens is 2. The highest BCUT2D eigenvalue weighted by Crippen LogP contribution is 2.41. The fraction of sp³-hybridized carbons (Fsp3) is 0.286. The molecule has 3 aromatic rings. The molecule has 198 valence electrons. The molecule has 12 nitrogen and oxygen atoms in total. The number of nitro benzene ring substituents is 1. The molecule has 0 unspecified atom stereocenters. The van der Waals surface area contributed by atoms with Crippen molar-refractivity contribution >= 4 is 17.5 Å². The lowest BCUT2D eigenvalue weighted by Gasteiger charge is -2.20. The Bertz CT molecular complexity index is 1300. The maximum Gasteiger partial charge on any atom is 0.471 e. The van der Waals surface area contributed by atoms with Crippen LogP contribution in [-0.4, -0.2) is 55.3 Å². The number of methoxy groups -OCH3 is 3. The Balaban J connectivity index is 2.03. The van der Waals surface area contributed by atoms with Crippen LogP contribution in [0.1, 0.15) is 5.56 Å². The molecule has 2 aromatic carbocycles. The van der Waals surface area contributed by atoms with Crippen LogP contribution in [-0.2, 0) is 16.1 Å². The van der Waals surface area contributed by atoms with Gasteiger partial charge in [0.05, 0.1) is 31.3 Å². The molecular formula is C21H18F4N4O8. The van der Waals surface area contributed by atoms with Gasteiger partial charge in [0.15, 0.2) is 24.1 Å². The van der Waals surface area contributed by atoms with E-state index in [1.807, 2.05) is 0 Å². The first-order valence-corrected chi connectivity index (χ1v) is 10.0. The third-order valence-corrected chi connectivity index (χ3v) is 4.72. The normalized spacial score (nSPS) is 11.2. The summed E-state index contributed by atoms with van der Waals surface area (Å²) in [5.74, 6) is -5.06. The Morgan fingerprint density at radius 2 is 1.86 bits per heavy atom. The summed E-state index contributed by atoms with van der Waals surface area (Å²) >= 11 is 0. The van der Waals surface area contributed by atoms with Crippen molar-refractivity contribution in [3.63, 3.8) is 0 Å². The molecule has 0 saturated heterocycles. The van der Waals surface area contributed by atoms with E-state index < -0.39 is 46.9 Å². The zero-order chi connectivity index (χ0) is 27.3. The van der Waals surface area contributed by atoms with Crippen molar-refractivity contribution in [1.29, 1.82) is 0 Å². The highest BCUT2D eigenvalue weighted by Gasteiger charge is 2.44. The summed E-state index contributed by atoms with van der Waals surface area (Å²) in [5, 5.41) is 14.9. The standard InChI is InChI=1S/C21H18F4N4O8/c1-33-10-36-15-6-11(4-5-13(15)22)9-28(19(30)21(23,24)25)20-26-18(37-27-20)12-7-14(29(31)32)17(35-3)16(8-12)34-2/h4-8H,9-10H2,1-3H3. The first-order chi connectivity index (χ1) is 17.5. The fourth-order valence-corrected chi connectivity index (χ4v) is 3.09. The predicted molar refractivity (Wildman–Crippen MR) is 116 cm³/mol. The molecule has 0 aliphatic rings. The molecule has 0 fully saturated rings. The molecule has 1 amide bonds. The average molecular weight is 530 g/mol. The number of carbonyl (C=O) groups is 1. The van der Waals surface area contributed by atoms with Crippen LogP contribution in [0.4, 0.5) is 29.2 Å². The molecule has 0 atom stereocenters. The van der Waals surface area contributed by atoms with Crippen LogP contribution in [0.3, 0.4) is 0 Å². The van der Waals surface area contributed by atoms with Gasteiger partial charge in [-0.2, -0.15) is 18.2 Å². The molecule has 1 aromatic heterocycles. The van der Waals surface area contributed by atoms with E-state index in [2.05, 4.69) is 14.9 Å². The van der Waals surface area contributed by atoms with Crippen LogP contribution in [0, 0.1) is 15.9 Å². The van der Waals surface area contributed by atoms with Gasteiger partial charge in [-0.1, -0.05) is 6.07 Å². The SMILES string of the molecule is COCOc1cc(CN(C(=O)C(F)(F)F)c2noc(-c3cc(OC)c(OC)c([N+](=O)[O-])c3)n2)ccc1F. The molecule has 0 aliphatic heterocycles. The maximum absolute atomic E-state index is 13.9. The van der Waals surface area contributed by atoms with E-state index >= 15 is 0 Å². The van der Waals surface area contributed by atoms with Crippen LogP contribution in [0.15, 0.2) is 34.9 Å². The molecule has 0 bridgehead atoms. The minimum absolute atomic E-state index is 0.0261. The Morgan fingerprint density at radius 3 is 2.46 bits per heavy atom. The smallest absolute Gasteiger partial charge is 0.471 e. The lowest BCUT2D eigenvalue weighted by atomic mass is 10.1. The number of nitro groups is 1. The molecule has 1 heterocycles. The molecule has 0 spiro atoms. The van der Waals surface area contributed by atoms with Gasteiger partial charge in [0.2, 0.25) is 5.75 Å². The topological polar surface area (TPSA) is 139 Å². The molecule has 16 heteroatoms. The van der Waals surface area contributed by atoms with Crippen molar-refractivity contribution in [2.45, 2.75) is 12.7 Å². The van der Waals surface area contributed by atoms with Gasteiger partial charge in [0, 0.05) is 13.2 Å². The number of nitrogens with zero attached hydrogens (tertiary/aromatic N) is 4. The van der Waals surface area contributed by atoms with Crippen molar-refractivity contribution in [2.24, 2.45) is 0 Å². The number of halogens is 4. The number of hydrogen-bond donors (Lipinski definition) is 0. The molecule has 0 radical (unpaired) electrons. The van der Waals surface area contributed by atoms with E-state index in [1.165, 1.54) is 27.4 Å². The molecule has 37 heavy (non-hydrogen) atoms. The van der Waals surface area contributed by atoms with Crippen molar-refractivity contribution in [3.05, 3.63) is 51.8 Å². The largest absolute Gasteiger partial charge is 0.493 e. The highest BCUT2D eigenvalue weighted by atomic mass is 19.4. The number of rotatable bonds is 10. The minimum atomic E-state index is -5.33. The van der Waals surface area contributed by atoms with Gasteiger partial charge >= 0.3 is 17.8 Å². The number of amides is 1. The van der Waals surface area contributed by atoms with Crippen molar-refractivity contribution in [1.82, 2.24) is 10.1 Å². The molecular weight excluding hydrogens is 512 g/mol. The number of ether oxygens (including phenoxy) is 4. The minimum Gasteiger partial charge on any atom is -0.493 e. The van der Waals surface area contributed by atoms with Crippen LogP contribution >= 0.6 is 0 Å². The first kappa shape index (κ1) is 27.1. The summed E-state index contributed by atoms with van der Waals surface area (Å²) in [6, 6.07) is 5.33. The summed E-state index contributed by atoms with van der Waals surface area (Å²) in [4.78, 5) is 26.8. The Hall–Kier alpha value is -4.47. The van der Waals surface area contributed by atoms with Crippen molar-refractivity contribution in [2.75, 3.05) is 33.0 Å². The number of hydrogen-bond acceptors (Lipinski definition) is 10. The maximum atomic E-state index is 13.9. The third kappa shape index (κ3) is 6.03. The highest BCUT2D eigenvalue weighted by molar-refractivity contribution is 5.95. The van der Waals surface area contributed by atoms with Gasteiger partial charge in [-0.25, -0.2) is 4.39 Å². The van der Waals surface area contributed by atoms with Crippen LogP contribution < -0.4 is 19.1 Å². The summed E-state index contributed by atoms with van der Waals surface area (Å²) in [5.41, 5.74) is -0.618. The van der Waals surface area contributed by atoms with Crippen LogP contribution in [0.25, 0.3) is 11.5 Å². The van der Waals surface area contributed by atoms with E-state index in [0.717, 1.165) is 24.3 Å². The Morgan fingerprint density at radius 1 is 1.14 bits per heavy atom. The summed E-state index contributed by atoms with van der Waals surface area (Å²) < 4.78 is 78.8. The fourth-order valence-electron chi connectivity index (χ4n) is 3.09. The van der Waals surface area contributed by atoms with E-state index in [4.69, 9.17) is 18.7 Å². The Labute approximate surface area is 205 Å². The second-order valence-electron chi connectivity index (χ2n) is 7.09. The van der Waals surface area contributed by atoms with Gasteiger partial charge in [-0.3, -0.25) is 19.8 Å². The monoisotopic (exact) mass is 530 g/mol. The second-order valence-corrected chi connectivity index (χ2v) is 7.09. The molecule has 0 N–H and O–H groups in total. The third-order valence-electron chi connectivity index (χ3n) is 4.72. The number of anilines is 1. The van der Waals surface area contributed by atoms with Crippen molar-refractivity contribution < 1.29 is 50.8 Å². The lowest BCUT2D eigenvalue weighted by Crippen LogP contribution is -2.41. The van der Waals surface area contributed by atoms with E-state index in [9.17, 15) is 32.5 Å². The Kier molecular flexibility index (Phi) is 8.11. The van der Waals surface area contributed by atoms with Crippen LogP contribution in [0.5, 0.6) is 17.2 Å². The van der Waals surface area contributed by atoms with Gasteiger partial charge in [0.25, 0.3) is 11.8 Å². The zero-order valence-electron chi connectivity index (χ0n) is 19.4. The number of carbonyl (C=O) groups excluding carboxylic acids is 1. The lowest BCUT2D eigenvalue weighted by molar-refractivity contribution is -0.385. The van der Waals surface area contributed by atoms with Crippen molar-refractivity contribution in [3.8, 4) is 28.7 Å². The van der Waals surface area contributed by atoms with Gasteiger partial charge in [-0.05, 0) is 28.9 Å². The van der Waals surface area contributed by atoms with Gasteiger partial charge < -0.3 is 23.5 Å². The zero-order valence-corrected chi connectivity index (χ0v) is 19.4. The molecule has 3 rings (SSSR count). The summed E-state index contributed by atoms with van der Waals surface area (Å²) in [6.45, 7) is -1.09. The second kappa shape index (κ2) is 11.1. The molecule has 0 aliphatic carbocycles. The summed E-state index contributed by atoms with van der Waals surface area (Å²) in [7, 11) is 3.67. The molecule has 0 saturated carbocycles. The quantitative estimate of drug-likeness (QED) is 0.164. The number of benzene rings is 2. The summed E-state index contributed by atoms with van der Waals surface area (Å²) in [6.07, 6.45) is -5.33. The van der Waals surface area contributed by atoms with Crippen LogP contribution in [0.2, 0.25) is 0 Å². The van der Waals surface area contributed by atoms with E-state index in [0.29, 0.717) is 0 Å².